The van der Waals surface area contributed by atoms with Crippen molar-refractivity contribution < 1.29 is 4.79 Å². The number of benzene rings is 1. The van der Waals surface area contributed by atoms with Crippen molar-refractivity contribution in [3.63, 3.8) is 0 Å². The molecular weight excluding hydrogens is 270 g/mol. The van der Waals surface area contributed by atoms with Crippen LogP contribution in [-0.4, -0.2) is 22.9 Å². The Morgan fingerprint density at radius 1 is 1.35 bits per heavy atom. The summed E-state index contributed by atoms with van der Waals surface area (Å²) < 4.78 is 1.92. The zero-order chi connectivity index (χ0) is 14.4. The summed E-state index contributed by atoms with van der Waals surface area (Å²) in [5, 5.41) is 3.97. The monoisotopic (exact) mass is 287 g/mol. The highest BCUT2D eigenvalue weighted by Crippen LogP contribution is 2.13. The Morgan fingerprint density at radius 2 is 2.10 bits per heavy atom. The van der Waals surface area contributed by atoms with E-state index in [0.29, 0.717) is 6.42 Å². The summed E-state index contributed by atoms with van der Waals surface area (Å²) in [5.41, 5.74) is 4.46. The van der Waals surface area contributed by atoms with Crippen molar-refractivity contribution in [1.29, 1.82) is 0 Å². The maximum Gasteiger partial charge on any atom is 0.245 e. The lowest BCUT2D eigenvalue weighted by Gasteiger charge is -2.02. The minimum atomic E-state index is -0.121. The van der Waals surface area contributed by atoms with Crippen LogP contribution >= 0.6 is 11.8 Å². The normalized spacial score (nSPS) is 10.9. The van der Waals surface area contributed by atoms with Gasteiger partial charge < -0.3 is 4.57 Å². The van der Waals surface area contributed by atoms with Gasteiger partial charge in [0.05, 0.1) is 12.6 Å². The van der Waals surface area contributed by atoms with Gasteiger partial charge in [-0.1, -0.05) is 12.1 Å². The molecule has 0 spiro atoms. The van der Waals surface area contributed by atoms with Crippen LogP contribution in [0.1, 0.15) is 11.3 Å². The SMILES string of the molecule is CSc1ccc(C=NNC(=O)Cc2cccn2C)cc1. The fourth-order valence-corrected chi connectivity index (χ4v) is 2.16. The lowest BCUT2D eigenvalue weighted by atomic mass is 10.2. The number of aromatic nitrogens is 1. The Morgan fingerprint density at radius 3 is 2.70 bits per heavy atom. The van der Waals surface area contributed by atoms with E-state index in [9.17, 15) is 4.79 Å². The Labute approximate surface area is 122 Å². The molecule has 5 heteroatoms. The molecule has 0 aliphatic carbocycles. The first kappa shape index (κ1) is 14.4. The molecule has 0 aliphatic rings. The summed E-state index contributed by atoms with van der Waals surface area (Å²) in [4.78, 5) is 12.9. The second-order valence-corrected chi connectivity index (χ2v) is 5.23. The average Bonchev–Trinajstić information content (AvgIpc) is 2.85. The van der Waals surface area contributed by atoms with Gasteiger partial charge in [0.25, 0.3) is 0 Å². The van der Waals surface area contributed by atoms with Crippen LogP contribution in [0.25, 0.3) is 0 Å². The fraction of sp³-hybridized carbons (Fsp3) is 0.200. The third kappa shape index (κ3) is 3.99. The predicted octanol–water partition coefficient (Wildman–Crippen LogP) is 2.44. The van der Waals surface area contributed by atoms with Gasteiger partial charge in [-0.15, -0.1) is 11.8 Å². The van der Waals surface area contributed by atoms with E-state index in [-0.39, 0.29) is 5.91 Å². The van der Waals surface area contributed by atoms with Crippen molar-refractivity contribution in [2.24, 2.45) is 12.1 Å². The van der Waals surface area contributed by atoms with E-state index in [0.717, 1.165) is 11.3 Å². The lowest BCUT2D eigenvalue weighted by molar-refractivity contribution is -0.120. The van der Waals surface area contributed by atoms with Crippen molar-refractivity contribution in [3.05, 3.63) is 53.9 Å². The molecule has 0 bridgehead atoms. The maximum atomic E-state index is 11.7. The van der Waals surface area contributed by atoms with Gasteiger partial charge in [-0.25, -0.2) is 5.43 Å². The molecule has 1 aromatic carbocycles. The standard InChI is InChI=1S/C15H17N3OS/c1-18-9-3-4-13(18)10-15(19)17-16-11-12-5-7-14(20-2)8-6-12/h3-9,11H,10H2,1-2H3,(H,17,19). The topological polar surface area (TPSA) is 46.4 Å². The molecule has 0 saturated carbocycles. The molecule has 1 heterocycles. The third-order valence-corrected chi connectivity index (χ3v) is 3.66. The van der Waals surface area contributed by atoms with Crippen LogP contribution in [0.2, 0.25) is 0 Å². The third-order valence-electron chi connectivity index (χ3n) is 2.91. The van der Waals surface area contributed by atoms with Gasteiger partial charge in [-0.05, 0) is 36.1 Å². The molecule has 20 heavy (non-hydrogen) atoms. The van der Waals surface area contributed by atoms with E-state index in [1.807, 2.05) is 60.5 Å². The molecule has 0 atom stereocenters. The highest BCUT2D eigenvalue weighted by atomic mass is 32.2. The first-order chi connectivity index (χ1) is 9.69. The van der Waals surface area contributed by atoms with Gasteiger partial charge in [0.15, 0.2) is 0 Å². The van der Waals surface area contributed by atoms with Crippen molar-refractivity contribution >= 4 is 23.9 Å². The van der Waals surface area contributed by atoms with Crippen LogP contribution in [0.4, 0.5) is 0 Å². The highest BCUT2D eigenvalue weighted by molar-refractivity contribution is 7.98. The Balaban J connectivity index is 1.86. The average molecular weight is 287 g/mol. The number of hydrogen-bond donors (Lipinski definition) is 1. The second-order valence-electron chi connectivity index (χ2n) is 4.35. The molecule has 0 fully saturated rings. The van der Waals surface area contributed by atoms with Crippen LogP contribution in [0.15, 0.2) is 52.6 Å². The zero-order valence-electron chi connectivity index (χ0n) is 11.5. The number of nitrogens with one attached hydrogen (secondary N) is 1. The number of hydrogen-bond acceptors (Lipinski definition) is 3. The first-order valence-corrected chi connectivity index (χ1v) is 7.47. The van der Waals surface area contributed by atoms with E-state index < -0.39 is 0 Å². The van der Waals surface area contributed by atoms with E-state index in [4.69, 9.17) is 0 Å². The smallest absolute Gasteiger partial charge is 0.245 e. The van der Waals surface area contributed by atoms with Gasteiger partial charge in [0.2, 0.25) is 5.91 Å². The Bertz CT molecular complexity index is 602. The minimum Gasteiger partial charge on any atom is -0.354 e. The molecular formula is C15H17N3OS. The van der Waals surface area contributed by atoms with Crippen LogP contribution in [0.3, 0.4) is 0 Å². The fourth-order valence-electron chi connectivity index (χ4n) is 1.75. The van der Waals surface area contributed by atoms with Crippen molar-refractivity contribution in [3.8, 4) is 0 Å². The van der Waals surface area contributed by atoms with Crippen LogP contribution in [0, 0.1) is 0 Å². The van der Waals surface area contributed by atoms with Gasteiger partial charge in [0, 0.05) is 23.8 Å². The van der Waals surface area contributed by atoms with Gasteiger partial charge in [-0.3, -0.25) is 4.79 Å². The van der Waals surface area contributed by atoms with Gasteiger partial charge in [-0.2, -0.15) is 5.10 Å². The summed E-state index contributed by atoms with van der Waals surface area (Å²) >= 11 is 1.69. The number of carbonyl (C=O) groups excluding carboxylic acids is 1. The van der Waals surface area contributed by atoms with Gasteiger partial charge >= 0.3 is 0 Å². The summed E-state index contributed by atoms with van der Waals surface area (Å²) in [6.07, 6.45) is 5.92. The number of rotatable bonds is 5. The quantitative estimate of drug-likeness (QED) is 0.521. The summed E-state index contributed by atoms with van der Waals surface area (Å²) in [6, 6.07) is 11.8. The molecule has 1 aromatic heterocycles. The van der Waals surface area contributed by atoms with Crippen LogP contribution in [-0.2, 0) is 18.3 Å². The molecule has 0 unspecified atom stereocenters. The maximum absolute atomic E-state index is 11.7. The minimum absolute atomic E-state index is 0.121. The van der Waals surface area contributed by atoms with E-state index in [1.54, 1.807) is 18.0 Å². The molecule has 0 aliphatic heterocycles. The van der Waals surface area contributed by atoms with E-state index >= 15 is 0 Å². The molecule has 4 nitrogen and oxygen atoms in total. The summed E-state index contributed by atoms with van der Waals surface area (Å²) in [5.74, 6) is -0.121. The number of amides is 1. The van der Waals surface area contributed by atoms with E-state index in [1.165, 1.54) is 4.90 Å². The lowest BCUT2D eigenvalue weighted by Crippen LogP contribution is -2.20. The predicted molar refractivity (Wildman–Crippen MR) is 83.1 cm³/mol. The van der Waals surface area contributed by atoms with Crippen LogP contribution in [0.5, 0.6) is 0 Å². The summed E-state index contributed by atoms with van der Waals surface area (Å²) in [6.45, 7) is 0. The molecule has 104 valence electrons. The molecule has 0 saturated heterocycles. The zero-order valence-corrected chi connectivity index (χ0v) is 12.4. The number of aryl methyl sites for hydroxylation is 1. The van der Waals surface area contributed by atoms with Crippen molar-refractivity contribution in [2.75, 3.05) is 6.26 Å². The van der Waals surface area contributed by atoms with Crippen molar-refractivity contribution in [2.45, 2.75) is 11.3 Å². The first-order valence-electron chi connectivity index (χ1n) is 6.25. The second kappa shape index (κ2) is 6.96. The Hall–Kier alpha value is -2.01. The largest absolute Gasteiger partial charge is 0.354 e. The Kier molecular flexibility index (Phi) is 5.01. The molecule has 1 amide bonds. The summed E-state index contributed by atoms with van der Waals surface area (Å²) in [7, 11) is 1.92. The van der Waals surface area contributed by atoms with Crippen LogP contribution < -0.4 is 5.43 Å². The van der Waals surface area contributed by atoms with E-state index in [2.05, 4.69) is 10.5 Å². The molecule has 2 aromatic rings. The number of nitrogens with zero attached hydrogens (tertiary/aromatic N) is 2. The molecule has 2 rings (SSSR count). The molecule has 1 N–H and O–H groups in total. The highest BCUT2D eigenvalue weighted by Gasteiger charge is 2.04. The number of hydrazone groups is 1. The number of thioether (sulfide) groups is 1. The van der Waals surface area contributed by atoms with Gasteiger partial charge in [0.1, 0.15) is 0 Å². The number of carbonyl (C=O) groups is 1. The molecule has 0 radical (unpaired) electrons. The van der Waals surface area contributed by atoms with Crippen molar-refractivity contribution in [1.82, 2.24) is 9.99 Å².